The molecule has 1 aliphatic rings. The highest BCUT2D eigenvalue weighted by Gasteiger charge is 2.44. The smallest absolute Gasteiger partial charge is 0.307 e. The van der Waals surface area contributed by atoms with E-state index in [-0.39, 0.29) is 12.4 Å². The predicted molar refractivity (Wildman–Crippen MR) is 72.5 cm³/mol. The summed E-state index contributed by atoms with van der Waals surface area (Å²) in [5.74, 6) is -2.71. The lowest BCUT2D eigenvalue weighted by Gasteiger charge is -2.35. The van der Waals surface area contributed by atoms with E-state index in [1.807, 2.05) is 0 Å². The molecular formula is C14H18O9. The van der Waals surface area contributed by atoms with Crippen molar-refractivity contribution in [2.45, 2.75) is 46.0 Å². The molecular weight excluding hydrogens is 312 g/mol. The van der Waals surface area contributed by atoms with E-state index < -0.39 is 42.2 Å². The fraction of sp³-hybridized carbons (Fsp3) is 0.571. The molecule has 0 aromatic rings. The van der Waals surface area contributed by atoms with Crippen LogP contribution in [0.4, 0.5) is 0 Å². The average molecular weight is 330 g/mol. The number of carbonyl (C=O) groups excluding carboxylic acids is 4. The van der Waals surface area contributed by atoms with Crippen molar-refractivity contribution in [3.8, 4) is 0 Å². The van der Waals surface area contributed by atoms with E-state index in [1.165, 1.54) is 6.92 Å². The maximum atomic E-state index is 11.3. The summed E-state index contributed by atoms with van der Waals surface area (Å²) in [4.78, 5) is 44.7. The lowest BCUT2D eigenvalue weighted by atomic mass is 10.0. The van der Waals surface area contributed by atoms with Crippen molar-refractivity contribution in [3.63, 3.8) is 0 Å². The van der Waals surface area contributed by atoms with Crippen molar-refractivity contribution in [2.75, 3.05) is 6.61 Å². The van der Waals surface area contributed by atoms with Gasteiger partial charge in [0.1, 0.15) is 12.9 Å². The standard InChI is InChI=1S/C14H18O9/c1-7(15)19-5-11-13(22-9(3)17)14(23-10(4)18)12(6-20-11)21-8(2)16/h6,11,13-14H,5H2,1-4H3/t11-,13-,14-/m0/s1. The Labute approximate surface area is 132 Å². The zero-order valence-corrected chi connectivity index (χ0v) is 13.2. The summed E-state index contributed by atoms with van der Waals surface area (Å²) in [5, 5.41) is 0. The van der Waals surface area contributed by atoms with Gasteiger partial charge < -0.3 is 23.7 Å². The molecule has 0 radical (unpaired) electrons. The van der Waals surface area contributed by atoms with Gasteiger partial charge in [-0.2, -0.15) is 0 Å². The third-order valence-corrected chi connectivity index (χ3v) is 2.61. The summed E-state index contributed by atoms with van der Waals surface area (Å²) in [5.41, 5.74) is 0. The second-order valence-electron chi connectivity index (χ2n) is 4.70. The van der Waals surface area contributed by atoms with Gasteiger partial charge in [0.05, 0.1) is 0 Å². The normalized spacial score (nSPS) is 23.0. The molecule has 1 aliphatic heterocycles. The van der Waals surface area contributed by atoms with E-state index >= 15 is 0 Å². The Hall–Kier alpha value is -2.58. The number of carbonyl (C=O) groups is 4. The molecule has 0 aliphatic carbocycles. The van der Waals surface area contributed by atoms with Crippen molar-refractivity contribution in [3.05, 3.63) is 12.0 Å². The van der Waals surface area contributed by atoms with Crippen molar-refractivity contribution < 1.29 is 42.9 Å². The molecule has 0 N–H and O–H groups in total. The minimum absolute atomic E-state index is 0.127. The molecule has 23 heavy (non-hydrogen) atoms. The molecule has 0 aromatic heterocycles. The van der Waals surface area contributed by atoms with Gasteiger partial charge in [-0.25, -0.2) is 0 Å². The number of hydrogen-bond donors (Lipinski definition) is 0. The second kappa shape index (κ2) is 8.16. The molecule has 9 nitrogen and oxygen atoms in total. The first kappa shape index (κ1) is 18.5. The molecule has 9 heteroatoms. The number of hydrogen-bond acceptors (Lipinski definition) is 9. The first-order valence-corrected chi connectivity index (χ1v) is 6.72. The van der Waals surface area contributed by atoms with Crippen LogP contribution in [-0.4, -0.2) is 48.8 Å². The van der Waals surface area contributed by atoms with E-state index in [4.69, 9.17) is 23.7 Å². The maximum absolute atomic E-state index is 11.3. The highest BCUT2D eigenvalue weighted by molar-refractivity contribution is 5.69. The monoisotopic (exact) mass is 330 g/mol. The minimum atomic E-state index is -1.20. The quantitative estimate of drug-likeness (QED) is 0.515. The molecule has 0 amide bonds. The fourth-order valence-electron chi connectivity index (χ4n) is 1.87. The summed E-state index contributed by atoms with van der Waals surface area (Å²) >= 11 is 0. The Balaban J connectivity index is 3.07. The molecule has 0 unspecified atom stereocenters. The second-order valence-corrected chi connectivity index (χ2v) is 4.70. The molecule has 1 rings (SSSR count). The summed E-state index contributed by atoms with van der Waals surface area (Å²) < 4.78 is 25.2. The molecule has 0 bridgehead atoms. The summed E-state index contributed by atoms with van der Waals surface area (Å²) in [6, 6.07) is 0. The van der Waals surface area contributed by atoms with Crippen LogP contribution in [0.3, 0.4) is 0 Å². The van der Waals surface area contributed by atoms with Crippen LogP contribution in [0.1, 0.15) is 27.7 Å². The van der Waals surface area contributed by atoms with Gasteiger partial charge in [0, 0.05) is 27.7 Å². The first-order chi connectivity index (χ1) is 10.7. The van der Waals surface area contributed by atoms with Crippen LogP contribution in [0, 0.1) is 0 Å². The van der Waals surface area contributed by atoms with Crippen molar-refractivity contribution in [1.29, 1.82) is 0 Å². The van der Waals surface area contributed by atoms with Gasteiger partial charge >= 0.3 is 23.9 Å². The SMILES string of the molecule is CC(=O)OC[C@@H]1OC=C(OC(C)=O)[C@H](OC(C)=O)[C@H]1OC(C)=O. The van der Waals surface area contributed by atoms with Crippen molar-refractivity contribution >= 4 is 23.9 Å². The highest BCUT2D eigenvalue weighted by atomic mass is 16.6. The molecule has 0 saturated heterocycles. The molecule has 3 atom stereocenters. The average Bonchev–Trinajstić information content (AvgIpc) is 2.39. The lowest BCUT2D eigenvalue weighted by molar-refractivity contribution is -0.186. The Kier molecular flexibility index (Phi) is 6.55. The van der Waals surface area contributed by atoms with Gasteiger partial charge in [-0.1, -0.05) is 0 Å². The van der Waals surface area contributed by atoms with Crippen LogP contribution in [0.2, 0.25) is 0 Å². The number of rotatable bonds is 5. The van der Waals surface area contributed by atoms with E-state index in [0.717, 1.165) is 27.0 Å². The Bertz CT molecular complexity index is 522. The van der Waals surface area contributed by atoms with Crippen LogP contribution in [0.5, 0.6) is 0 Å². The van der Waals surface area contributed by atoms with E-state index in [2.05, 4.69) is 0 Å². The largest absolute Gasteiger partial charge is 0.487 e. The van der Waals surface area contributed by atoms with E-state index in [0.29, 0.717) is 0 Å². The number of ether oxygens (including phenoxy) is 5. The zero-order valence-electron chi connectivity index (χ0n) is 13.2. The topological polar surface area (TPSA) is 114 Å². The molecule has 128 valence electrons. The Morgan fingerprint density at radius 2 is 1.57 bits per heavy atom. The Morgan fingerprint density at radius 1 is 0.957 bits per heavy atom. The molecule has 0 aromatic carbocycles. The fourth-order valence-corrected chi connectivity index (χ4v) is 1.87. The number of esters is 4. The summed E-state index contributed by atoms with van der Waals surface area (Å²) in [7, 11) is 0. The summed E-state index contributed by atoms with van der Waals surface area (Å²) in [6.45, 7) is 4.41. The first-order valence-electron chi connectivity index (χ1n) is 6.72. The van der Waals surface area contributed by atoms with Gasteiger partial charge in [0.25, 0.3) is 0 Å². The molecule has 0 spiro atoms. The van der Waals surface area contributed by atoms with Gasteiger partial charge in [-0.15, -0.1) is 0 Å². The molecule has 0 fully saturated rings. The molecule has 0 saturated carbocycles. The highest BCUT2D eigenvalue weighted by Crippen LogP contribution is 2.26. The zero-order chi connectivity index (χ0) is 17.6. The van der Waals surface area contributed by atoms with E-state index in [1.54, 1.807) is 0 Å². The van der Waals surface area contributed by atoms with Crippen LogP contribution >= 0.6 is 0 Å². The van der Waals surface area contributed by atoms with E-state index in [9.17, 15) is 19.2 Å². The van der Waals surface area contributed by atoms with Crippen LogP contribution in [0.15, 0.2) is 12.0 Å². The van der Waals surface area contributed by atoms with Gasteiger partial charge in [-0.3, -0.25) is 19.2 Å². The lowest BCUT2D eigenvalue weighted by Crippen LogP contribution is -2.50. The molecule has 1 heterocycles. The third kappa shape index (κ3) is 5.97. The van der Waals surface area contributed by atoms with Crippen LogP contribution in [-0.2, 0) is 42.9 Å². The maximum Gasteiger partial charge on any atom is 0.307 e. The van der Waals surface area contributed by atoms with Gasteiger partial charge in [-0.05, 0) is 0 Å². The van der Waals surface area contributed by atoms with Gasteiger partial charge in [0.15, 0.2) is 18.0 Å². The minimum Gasteiger partial charge on any atom is -0.487 e. The van der Waals surface area contributed by atoms with Crippen LogP contribution < -0.4 is 0 Å². The van der Waals surface area contributed by atoms with Crippen molar-refractivity contribution in [2.24, 2.45) is 0 Å². The third-order valence-electron chi connectivity index (χ3n) is 2.61. The van der Waals surface area contributed by atoms with Crippen LogP contribution in [0.25, 0.3) is 0 Å². The Morgan fingerprint density at radius 3 is 2.04 bits per heavy atom. The van der Waals surface area contributed by atoms with Crippen molar-refractivity contribution in [1.82, 2.24) is 0 Å². The van der Waals surface area contributed by atoms with Gasteiger partial charge in [0.2, 0.25) is 6.10 Å². The predicted octanol–water partition coefficient (Wildman–Crippen LogP) is 0.216. The summed E-state index contributed by atoms with van der Waals surface area (Å²) in [6.07, 6.45) is -2.21.